The molecule has 2 aromatic heterocycles. The van der Waals surface area contributed by atoms with E-state index < -0.39 is 23.2 Å². The van der Waals surface area contributed by atoms with Gasteiger partial charge in [-0.2, -0.15) is 5.26 Å². The number of nitriles is 1. The molecule has 0 aliphatic heterocycles. The highest BCUT2D eigenvalue weighted by Crippen LogP contribution is 2.29. The number of aromatic nitrogens is 2. The molecule has 29 heavy (non-hydrogen) atoms. The molecule has 1 amide bonds. The zero-order valence-corrected chi connectivity index (χ0v) is 16.1. The fourth-order valence-electron chi connectivity index (χ4n) is 3.09. The van der Waals surface area contributed by atoms with Crippen molar-refractivity contribution in [2.24, 2.45) is 0 Å². The maximum atomic E-state index is 13.7. The smallest absolute Gasteiger partial charge is 0.234 e. The molecule has 0 radical (unpaired) electrons. The van der Waals surface area contributed by atoms with Gasteiger partial charge in [-0.1, -0.05) is 30.0 Å². The number of rotatable bonds is 4. The summed E-state index contributed by atoms with van der Waals surface area (Å²) < 4.78 is 29.3. The van der Waals surface area contributed by atoms with Crippen LogP contribution in [-0.2, 0) is 4.79 Å². The fraction of sp³-hybridized carbons (Fsp3) is 0.0952. The van der Waals surface area contributed by atoms with Gasteiger partial charge in [0.15, 0.2) is 5.65 Å². The van der Waals surface area contributed by atoms with Crippen molar-refractivity contribution in [1.29, 1.82) is 5.26 Å². The summed E-state index contributed by atoms with van der Waals surface area (Å²) in [5.74, 6) is -2.28. The first-order valence-electron chi connectivity index (χ1n) is 8.67. The second-order valence-corrected chi connectivity index (χ2v) is 7.34. The Morgan fingerprint density at radius 3 is 2.66 bits per heavy atom. The number of imidazole rings is 1. The molecular weight excluding hydrogens is 394 g/mol. The Hall–Kier alpha value is -3.44. The van der Waals surface area contributed by atoms with Crippen molar-refractivity contribution in [2.45, 2.75) is 11.9 Å². The van der Waals surface area contributed by atoms with Crippen molar-refractivity contribution in [3.63, 3.8) is 0 Å². The molecule has 144 valence electrons. The van der Waals surface area contributed by atoms with Crippen molar-refractivity contribution in [2.75, 3.05) is 11.1 Å². The van der Waals surface area contributed by atoms with Gasteiger partial charge in [-0.25, -0.2) is 13.8 Å². The molecule has 1 N–H and O–H groups in total. The topological polar surface area (TPSA) is 70.2 Å². The first-order valence-corrected chi connectivity index (χ1v) is 9.65. The molecule has 0 saturated heterocycles. The third-order valence-electron chi connectivity index (χ3n) is 4.43. The van der Waals surface area contributed by atoms with Gasteiger partial charge in [0.05, 0.1) is 27.4 Å². The van der Waals surface area contributed by atoms with Crippen LogP contribution >= 0.6 is 11.8 Å². The number of pyridine rings is 1. The lowest BCUT2D eigenvalue weighted by Gasteiger charge is -2.10. The normalized spacial score (nSPS) is 11.0. The number of nitrogens with zero attached hydrogens (tertiary/aromatic N) is 3. The molecule has 0 fully saturated rings. The monoisotopic (exact) mass is 408 g/mol. The van der Waals surface area contributed by atoms with E-state index in [0.29, 0.717) is 16.2 Å². The van der Waals surface area contributed by atoms with Crippen LogP contribution in [0.2, 0.25) is 0 Å². The number of aryl methyl sites for hydroxylation is 1. The number of fused-ring (bicyclic) bond motifs is 3. The first kappa shape index (κ1) is 18.9. The summed E-state index contributed by atoms with van der Waals surface area (Å²) >= 11 is 1.20. The van der Waals surface area contributed by atoms with Gasteiger partial charge in [-0.15, -0.1) is 0 Å². The van der Waals surface area contributed by atoms with Gasteiger partial charge in [0.2, 0.25) is 5.91 Å². The van der Waals surface area contributed by atoms with Gasteiger partial charge in [0, 0.05) is 0 Å². The Morgan fingerprint density at radius 1 is 1.21 bits per heavy atom. The van der Waals surface area contributed by atoms with Crippen LogP contribution in [-0.4, -0.2) is 21.0 Å². The summed E-state index contributed by atoms with van der Waals surface area (Å²) in [7, 11) is 0. The molecular formula is C21H14F2N4OS. The maximum Gasteiger partial charge on any atom is 0.234 e. The van der Waals surface area contributed by atoms with E-state index in [9.17, 15) is 18.8 Å². The quantitative estimate of drug-likeness (QED) is 0.498. The number of amides is 1. The van der Waals surface area contributed by atoms with Crippen LogP contribution in [0.1, 0.15) is 11.1 Å². The number of benzene rings is 2. The van der Waals surface area contributed by atoms with E-state index >= 15 is 0 Å². The Kier molecular flexibility index (Phi) is 4.91. The second-order valence-electron chi connectivity index (χ2n) is 6.35. The average Bonchev–Trinajstić information content (AvgIpc) is 3.08. The summed E-state index contributed by atoms with van der Waals surface area (Å²) in [6.45, 7) is 1.80. The van der Waals surface area contributed by atoms with Crippen molar-refractivity contribution in [3.05, 3.63) is 71.3 Å². The van der Waals surface area contributed by atoms with E-state index in [1.54, 1.807) is 13.0 Å². The van der Waals surface area contributed by atoms with Gasteiger partial charge in [0.1, 0.15) is 23.4 Å². The van der Waals surface area contributed by atoms with Gasteiger partial charge >= 0.3 is 0 Å². The highest BCUT2D eigenvalue weighted by Gasteiger charge is 2.17. The minimum Gasteiger partial charge on any atom is -0.320 e. The van der Waals surface area contributed by atoms with E-state index in [4.69, 9.17) is 0 Å². The van der Waals surface area contributed by atoms with Crippen molar-refractivity contribution >= 4 is 40.0 Å². The van der Waals surface area contributed by atoms with Gasteiger partial charge in [-0.05, 0) is 42.8 Å². The number of carbonyl (C=O) groups excluding carboxylic acids is 1. The van der Waals surface area contributed by atoms with Crippen LogP contribution in [0.3, 0.4) is 0 Å². The molecule has 0 bridgehead atoms. The average molecular weight is 408 g/mol. The predicted octanol–water partition coefficient (Wildman–Crippen LogP) is 4.68. The lowest BCUT2D eigenvalue weighted by Crippen LogP contribution is -2.16. The van der Waals surface area contributed by atoms with Crippen LogP contribution in [0.4, 0.5) is 14.5 Å². The van der Waals surface area contributed by atoms with Crippen molar-refractivity contribution in [3.8, 4) is 6.07 Å². The Bertz CT molecular complexity index is 1290. The summed E-state index contributed by atoms with van der Waals surface area (Å²) in [4.78, 5) is 16.8. The van der Waals surface area contributed by atoms with Crippen LogP contribution in [0.5, 0.6) is 0 Å². The SMILES string of the molecule is Cc1cc(SCC(=O)Nc2c(F)cccc2F)n2c(nc3ccccc32)c1C#N. The second kappa shape index (κ2) is 7.53. The lowest BCUT2D eigenvalue weighted by atomic mass is 10.2. The van der Waals surface area contributed by atoms with E-state index in [-0.39, 0.29) is 5.75 Å². The molecule has 4 aromatic rings. The van der Waals surface area contributed by atoms with Gasteiger partial charge in [-0.3, -0.25) is 9.20 Å². The number of hydrogen-bond acceptors (Lipinski definition) is 4. The Balaban J connectivity index is 1.68. The van der Waals surface area contributed by atoms with Crippen LogP contribution < -0.4 is 5.32 Å². The number of carbonyl (C=O) groups is 1. The van der Waals surface area contributed by atoms with Crippen LogP contribution in [0, 0.1) is 29.9 Å². The molecule has 0 atom stereocenters. The predicted molar refractivity (Wildman–Crippen MR) is 108 cm³/mol. The summed E-state index contributed by atoms with van der Waals surface area (Å²) in [6.07, 6.45) is 0. The minimum atomic E-state index is -0.833. The number of anilines is 1. The number of thioether (sulfide) groups is 1. The van der Waals surface area contributed by atoms with E-state index in [2.05, 4.69) is 16.4 Å². The lowest BCUT2D eigenvalue weighted by molar-refractivity contribution is -0.113. The first-order chi connectivity index (χ1) is 14.0. The molecule has 0 unspecified atom stereocenters. The zero-order valence-electron chi connectivity index (χ0n) is 15.2. The molecule has 2 aromatic carbocycles. The van der Waals surface area contributed by atoms with E-state index in [1.807, 2.05) is 28.7 Å². The number of para-hydroxylation sites is 3. The molecule has 2 heterocycles. The Morgan fingerprint density at radius 2 is 1.93 bits per heavy atom. The van der Waals surface area contributed by atoms with Crippen molar-refractivity contribution < 1.29 is 13.6 Å². The van der Waals surface area contributed by atoms with E-state index in [0.717, 1.165) is 28.7 Å². The number of hydrogen-bond donors (Lipinski definition) is 1. The summed E-state index contributed by atoms with van der Waals surface area (Å²) in [5.41, 5.74) is 2.78. The number of halogens is 2. The highest BCUT2D eigenvalue weighted by molar-refractivity contribution is 7.99. The molecule has 4 rings (SSSR count). The fourth-order valence-corrected chi connectivity index (χ4v) is 4.02. The third kappa shape index (κ3) is 3.41. The van der Waals surface area contributed by atoms with Crippen LogP contribution in [0.15, 0.2) is 53.6 Å². The van der Waals surface area contributed by atoms with Gasteiger partial charge in [0.25, 0.3) is 0 Å². The zero-order chi connectivity index (χ0) is 20.5. The summed E-state index contributed by atoms with van der Waals surface area (Å²) in [5, 5.41) is 12.5. The molecule has 8 heteroatoms. The van der Waals surface area contributed by atoms with Gasteiger partial charge < -0.3 is 5.32 Å². The van der Waals surface area contributed by atoms with E-state index in [1.165, 1.54) is 17.8 Å². The van der Waals surface area contributed by atoms with Crippen LogP contribution in [0.25, 0.3) is 16.7 Å². The standard InChI is InChI=1S/C21H14F2N4OS/c1-12-9-19(29-11-18(28)26-20-14(22)5-4-6-15(20)23)27-17-8-3-2-7-16(17)25-21(27)13(12)10-24/h2-9H,11H2,1H3,(H,26,28). The summed E-state index contributed by atoms with van der Waals surface area (Å²) in [6, 6.07) is 14.8. The number of nitrogens with one attached hydrogen (secondary N) is 1. The minimum absolute atomic E-state index is 0.0687. The molecule has 0 aliphatic rings. The molecule has 0 spiro atoms. The molecule has 0 aliphatic carbocycles. The van der Waals surface area contributed by atoms with Crippen molar-refractivity contribution in [1.82, 2.24) is 9.38 Å². The maximum absolute atomic E-state index is 13.7. The molecule has 0 saturated carbocycles. The largest absolute Gasteiger partial charge is 0.320 e. The third-order valence-corrected chi connectivity index (χ3v) is 5.43. The highest BCUT2D eigenvalue weighted by atomic mass is 32.2. The Labute approximate surface area is 169 Å². The molecule has 5 nitrogen and oxygen atoms in total.